The zero-order chi connectivity index (χ0) is 23.5. The zero-order valence-electron chi connectivity index (χ0n) is 19.6. The molecule has 0 unspecified atom stereocenters. The standard InChI is InChI=1S/C26H31N5O2S/c1-2-18-3-10-22(11-4-18)30-13-15-31(16-14-30)23-12-9-21(17-27-23)25-29-28-24(34-25)19-5-7-20(8-6-19)26(32)33/h5-9,12,17-18,22H,2-4,10-11,13-16H2,1H3,(H,32,33). The number of hydrogen-bond donors (Lipinski definition) is 1. The van der Waals surface area contributed by atoms with Crippen molar-refractivity contribution in [3.05, 3.63) is 48.2 Å². The highest BCUT2D eigenvalue weighted by atomic mass is 32.1. The molecular formula is C26H31N5O2S. The Kier molecular flexibility index (Phi) is 6.87. The average molecular weight is 478 g/mol. The highest BCUT2D eigenvalue weighted by molar-refractivity contribution is 7.17. The molecule has 1 aliphatic carbocycles. The molecule has 3 aromatic rings. The van der Waals surface area contributed by atoms with Crippen LogP contribution in [0.25, 0.3) is 21.1 Å². The van der Waals surface area contributed by atoms with Crippen molar-refractivity contribution in [1.29, 1.82) is 0 Å². The van der Waals surface area contributed by atoms with Gasteiger partial charge in [-0.2, -0.15) is 0 Å². The summed E-state index contributed by atoms with van der Waals surface area (Å²) in [4.78, 5) is 20.9. The van der Waals surface area contributed by atoms with Crippen molar-refractivity contribution in [1.82, 2.24) is 20.1 Å². The Bertz CT molecular complexity index is 1100. The first kappa shape index (κ1) is 22.9. The van der Waals surface area contributed by atoms with Gasteiger partial charge in [-0.05, 0) is 55.9 Å². The Hall–Kier alpha value is -2.84. The second-order valence-corrected chi connectivity index (χ2v) is 10.3. The van der Waals surface area contributed by atoms with Crippen molar-refractivity contribution in [3.63, 3.8) is 0 Å². The summed E-state index contributed by atoms with van der Waals surface area (Å²) in [6, 6.07) is 11.6. The van der Waals surface area contributed by atoms with E-state index in [1.54, 1.807) is 24.3 Å². The molecule has 1 aromatic carbocycles. The maximum absolute atomic E-state index is 11.1. The summed E-state index contributed by atoms with van der Waals surface area (Å²) >= 11 is 1.48. The molecule has 2 aliphatic rings. The summed E-state index contributed by atoms with van der Waals surface area (Å²) in [6.45, 7) is 6.61. The highest BCUT2D eigenvalue weighted by Gasteiger charge is 2.28. The summed E-state index contributed by atoms with van der Waals surface area (Å²) in [5.41, 5.74) is 2.07. The van der Waals surface area contributed by atoms with Gasteiger partial charge in [0.2, 0.25) is 0 Å². The van der Waals surface area contributed by atoms with Gasteiger partial charge in [0.1, 0.15) is 15.8 Å². The van der Waals surface area contributed by atoms with Crippen LogP contribution in [-0.2, 0) is 0 Å². The molecule has 1 saturated carbocycles. The third-order valence-electron chi connectivity index (χ3n) is 7.35. The molecule has 178 valence electrons. The molecule has 1 N–H and O–H groups in total. The molecule has 7 nitrogen and oxygen atoms in total. The normalized spacial score (nSPS) is 21.5. The Balaban J connectivity index is 1.18. The van der Waals surface area contributed by atoms with Crippen LogP contribution >= 0.6 is 11.3 Å². The highest BCUT2D eigenvalue weighted by Crippen LogP contribution is 2.32. The van der Waals surface area contributed by atoms with E-state index < -0.39 is 5.97 Å². The summed E-state index contributed by atoms with van der Waals surface area (Å²) < 4.78 is 0. The number of carboxylic acids is 1. The van der Waals surface area contributed by atoms with Gasteiger partial charge in [-0.15, -0.1) is 10.2 Å². The van der Waals surface area contributed by atoms with Gasteiger partial charge in [0, 0.05) is 49.5 Å². The molecule has 3 heterocycles. The molecule has 2 fully saturated rings. The number of hydrogen-bond acceptors (Lipinski definition) is 7. The first-order valence-corrected chi connectivity index (χ1v) is 13.0. The van der Waals surface area contributed by atoms with Crippen LogP contribution in [-0.4, -0.2) is 63.4 Å². The molecule has 8 heteroatoms. The van der Waals surface area contributed by atoms with E-state index in [-0.39, 0.29) is 5.56 Å². The average Bonchev–Trinajstić information content (AvgIpc) is 3.39. The Labute approximate surface area is 204 Å². The smallest absolute Gasteiger partial charge is 0.335 e. The minimum Gasteiger partial charge on any atom is -0.478 e. The number of pyridine rings is 1. The summed E-state index contributed by atoms with van der Waals surface area (Å²) in [5, 5.41) is 19.3. The van der Waals surface area contributed by atoms with E-state index in [9.17, 15) is 4.79 Å². The number of piperazine rings is 1. The van der Waals surface area contributed by atoms with E-state index >= 15 is 0 Å². The van der Waals surface area contributed by atoms with Crippen LogP contribution in [0.1, 0.15) is 49.4 Å². The second kappa shape index (κ2) is 10.2. The zero-order valence-corrected chi connectivity index (χ0v) is 20.4. The predicted octanol–water partition coefficient (Wildman–Crippen LogP) is 5.06. The van der Waals surface area contributed by atoms with Gasteiger partial charge in [0.05, 0.1) is 5.56 Å². The maximum Gasteiger partial charge on any atom is 0.335 e. The predicted molar refractivity (Wildman–Crippen MR) is 135 cm³/mol. The fourth-order valence-corrected chi connectivity index (χ4v) is 5.98. The molecule has 34 heavy (non-hydrogen) atoms. The van der Waals surface area contributed by atoms with Crippen LogP contribution in [0.2, 0.25) is 0 Å². The van der Waals surface area contributed by atoms with E-state index in [1.165, 1.54) is 43.4 Å². The van der Waals surface area contributed by atoms with Crippen molar-refractivity contribution < 1.29 is 9.90 Å². The van der Waals surface area contributed by atoms with Gasteiger partial charge in [0.25, 0.3) is 0 Å². The number of rotatable bonds is 6. The van der Waals surface area contributed by atoms with Crippen LogP contribution in [0.4, 0.5) is 5.82 Å². The minimum absolute atomic E-state index is 0.262. The number of benzene rings is 1. The SMILES string of the molecule is CCC1CCC(N2CCN(c3ccc(-c4nnc(-c5ccc(C(=O)O)cc5)s4)cn3)CC2)CC1. The molecule has 5 rings (SSSR count). The van der Waals surface area contributed by atoms with Gasteiger partial charge >= 0.3 is 5.97 Å². The van der Waals surface area contributed by atoms with E-state index in [1.807, 2.05) is 6.20 Å². The fourth-order valence-electron chi connectivity index (χ4n) is 5.15. The monoisotopic (exact) mass is 477 g/mol. The van der Waals surface area contributed by atoms with Crippen LogP contribution in [0.3, 0.4) is 0 Å². The lowest BCUT2D eigenvalue weighted by Crippen LogP contribution is -2.51. The van der Waals surface area contributed by atoms with Gasteiger partial charge < -0.3 is 10.0 Å². The first-order valence-electron chi connectivity index (χ1n) is 12.2. The summed E-state index contributed by atoms with van der Waals surface area (Å²) in [6.07, 6.45) is 8.72. The third kappa shape index (κ3) is 4.98. The summed E-state index contributed by atoms with van der Waals surface area (Å²) in [5.74, 6) is 1.03. The van der Waals surface area contributed by atoms with Crippen molar-refractivity contribution in [2.75, 3.05) is 31.1 Å². The lowest BCUT2D eigenvalue weighted by atomic mass is 9.84. The molecule has 2 aromatic heterocycles. The third-order valence-corrected chi connectivity index (χ3v) is 8.37. The Morgan fingerprint density at radius 2 is 1.59 bits per heavy atom. The van der Waals surface area contributed by atoms with Gasteiger partial charge in [-0.25, -0.2) is 9.78 Å². The van der Waals surface area contributed by atoms with Crippen molar-refractivity contribution in [3.8, 4) is 21.1 Å². The Morgan fingerprint density at radius 3 is 2.18 bits per heavy atom. The number of nitrogens with zero attached hydrogens (tertiary/aromatic N) is 5. The maximum atomic E-state index is 11.1. The quantitative estimate of drug-likeness (QED) is 0.531. The molecule has 0 amide bonds. The van der Waals surface area contributed by atoms with E-state index in [2.05, 4.69) is 39.1 Å². The van der Waals surface area contributed by atoms with Crippen LogP contribution in [0, 0.1) is 5.92 Å². The van der Waals surface area contributed by atoms with Crippen LogP contribution in [0.5, 0.6) is 0 Å². The van der Waals surface area contributed by atoms with E-state index in [0.717, 1.165) is 65.1 Å². The molecule has 1 saturated heterocycles. The van der Waals surface area contributed by atoms with Crippen molar-refractivity contribution in [2.45, 2.75) is 45.1 Å². The number of carboxylic acid groups (broad SMARTS) is 1. The number of aromatic carboxylic acids is 1. The lowest BCUT2D eigenvalue weighted by Gasteiger charge is -2.42. The molecule has 1 aliphatic heterocycles. The number of aromatic nitrogens is 3. The topological polar surface area (TPSA) is 82.5 Å². The second-order valence-electron chi connectivity index (χ2n) is 9.31. The largest absolute Gasteiger partial charge is 0.478 e. The van der Waals surface area contributed by atoms with Gasteiger partial charge in [-0.3, -0.25) is 4.90 Å². The molecule has 0 spiro atoms. The van der Waals surface area contributed by atoms with Crippen molar-refractivity contribution in [2.24, 2.45) is 5.92 Å². The van der Waals surface area contributed by atoms with Gasteiger partial charge in [-0.1, -0.05) is 36.8 Å². The van der Waals surface area contributed by atoms with Gasteiger partial charge in [0.15, 0.2) is 0 Å². The molecular weight excluding hydrogens is 446 g/mol. The fraction of sp³-hybridized carbons (Fsp3) is 0.462. The lowest BCUT2D eigenvalue weighted by molar-refractivity contribution is 0.0697. The number of anilines is 1. The van der Waals surface area contributed by atoms with E-state index in [0.29, 0.717) is 0 Å². The number of carbonyl (C=O) groups is 1. The molecule has 0 atom stereocenters. The molecule has 0 radical (unpaired) electrons. The van der Waals surface area contributed by atoms with Crippen LogP contribution < -0.4 is 4.90 Å². The van der Waals surface area contributed by atoms with E-state index in [4.69, 9.17) is 10.1 Å². The molecule has 0 bridgehead atoms. The van der Waals surface area contributed by atoms with Crippen LogP contribution in [0.15, 0.2) is 42.6 Å². The van der Waals surface area contributed by atoms with Crippen molar-refractivity contribution >= 4 is 23.1 Å². The minimum atomic E-state index is -0.934. The summed E-state index contributed by atoms with van der Waals surface area (Å²) in [7, 11) is 0. The first-order chi connectivity index (χ1) is 16.6. The Morgan fingerprint density at radius 1 is 0.941 bits per heavy atom.